The maximum absolute atomic E-state index is 11.5. The van der Waals surface area contributed by atoms with E-state index in [1.54, 1.807) is 18.2 Å². The number of aliphatic hydroxyl groups excluding tert-OH is 1. The summed E-state index contributed by atoms with van der Waals surface area (Å²) >= 11 is 0. The van der Waals surface area contributed by atoms with E-state index in [1.165, 1.54) is 6.07 Å². The van der Waals surface area contributed by atoms with Gasteiger partial charge in [0, 0.05) is 13.2 Å². The number of carbonyl (C=O) groups is 1. The lowest BCUT2D eigenvalue weighted by Crippen LogP contribution is -2.29. The topological polar surface area (TPSA) is 78.8 Å². The minimum atomic E-state index is -0.203. The van der Waals surface area contributed by atoms with Gasteiger partial charge in [0.15, 0.2) is 18.1 Å². The Labute approximate surface area is 113 Å². The SMILES string of the molecule is O=C(COc1ccccc1O)NCCCCCCO. The average molecular weight is 267 g/mol. The Morgan fingerprint density at radius 3 is 2.63 bits per heavy atom. The number of phenols is 1. The fraction of sp³-hybridized carbons (Fsp3) is 0.500. The summed E-state index contributed by atoms with van der Waals surface area (Å²) in [5.74, 6) is 0.130. The molecule has 0 saturated heterocycles. The van der Waals surface area contributed by atoms with Crippen LogP contribution >= 0.6 is 0 Å². The largest absolute Gasteiger partial charge is 0.504 e. The van der Waals surface area contributed by atoms with Crippen LogP contribution in [0, 0.1) is 0 Å². The zero-order valence-electron chi connectivity index (χ0n) is 11.0. The van der Waals surface area contributed by atoms with Gasteiger partial charge in [0.05, 0.1) is 0 Å². The van der Waals surface area contributed by atoms with Gasteiger partial charge in [0.1, 0.15) is 0 Å². The standard InChI is InChI=1S/C14H21NO4/c16-10-6-2-1-5-9-15-14(18)11-19-13-8-4-3-7-12(13)17/h3-4,7-8,16-17H,1-2,5-6,9-11H2,(H,15,18). The molecule has 0 aliphatic rings. The second kappa shape index (κ2) is 9.22. The molecule has 5 heteroatoms. The second-order valence-electron chi connectivity index (χ2n) is 4.24. The van der Waals surface area contributed by atoms with Crippen molar-refractivity contribution < 1.29 is 19.7 Å². The van der Waals surface area contributed by atoms with E-state index in [0.29, 0.717) is 12.3 Å². The number of hydrogen-bond acceptors (Lipinski definition) is 4. The molecule has 19 heavy (non-hydrogen) atoms. The number of benzene rings is 1. The van der Waals surface area contributed by atoms with Crippen LogP contribution in [0.2, 0.25) is 0 Å². The summed E-state index contributed by atoms with van der Waals surface area (Å²) in [6.45, 7) is 0.726. The van der Waals surface area contributed by atoms with E-state index < -0.39 is 0 Å². The first-order valence-corrected chi connectivity index (χ1v) is 6.52. The Hall–Kier alpha value is -1.75. The van der Waals surface area contributed by atoms with Crippen molar-refractivity contribution in [3.63, 3.8) is 0 Å². The van der Waals surface area contributed by atoms with Crippen molar-refractivity contribution in [3.05, 3.63) is 24.3 Å². The van der Waals surface area contributed by atoms with E-state index in [4.69, 9.17) is 9.84 Å². The smallest absolute Gasteiger partial charge is 0.257 e. The van der Waals surface area contributed by atoms with Crippen LogP contribution in [-0.2, 0) is 4.79 Å². The highest BCUT2D eigenvalue weighted by molar-refractivity contribution is 5.77. The molecule has 0 bridgehead atoms. The molecule has 1 aromatic carbocycles. The van der Waals surface area contributed by atoms with Crippen molar-refractivity contribution in [2.45, 2.75) is 25.7 Å². The van der Waals surface area contributed by atoms with Gasteiger partial charge in [-0.1, -0.05) is 25.0 Å². The molecule has 1 aromatic rings. The Morgan fingerprint density at radius 2 is 1.89 bits per heavy atom. The Kier molecular flexibility index (Phi) is 7.43. The van der Waals surface area contributed by atoms with E-state index >= 15 is 0 Å². The molecule has 1 amide bonds. The lowest BCUT2D eigenvalue weighted by atomic mass is 10.2. The van der Waals surface area contributed by atoms with Crippen LogP contribution < -0.4 is 10.1 Å². The van der Waals surface area contributed by atoms with Crippen LogP contribution in [0.4, 0.5) is 0 Å². The van der Waals surface area contributed by atoms with Crippen LogP contribution in [0.3, 0.4) is 0 Å². The van der Waals surface area contributed by atoms with Crippen molar-refractivity contribution >= 4 is 5.91 Å². The van der Waals surface area contributed by atoms with Crippen molar-refractivity contribution in [1.29, 1.82) is 0 Å². The Morgan fingerprint density at radius 1 is 1.16 bits per heavy atom. The van der Waals surface area contributed by atoms with Crippen LogP contribution in [0.5, 0.6) is 11.5 Å². The molecule has 0 aliphatic heterocycles. The summed E-state index contributed by atoms with van der Waals surface area (Å²) in [4.78, 5) is 11.5. The summed E-state index contributed by atoms with van der Waals surface area (Å²) in [6, 6.07) is 6.54. The zero-order valence-corrected chi connectivity index (χ0v) is 11.0. The van der Waals surface area contributed by atoms with E-state index in [2.05, 4.69) is 5.32 Å². The highest BCUT2D eigenvalue weighted by Crippen LogP contribution is 2.23. The number of unbranched alkanes of at least 4 members (excludes halogenated alkanes) is 3. The molecule has 0 aliphatic carbocycles. The molecule has 0 saturated carbocycles. The highest BCUT2D eigenvalue weighted by Gasteiger charge is 2.04. The van der Waals surface area contributed by atoms with E-state index in [-0.39, 0.29) is 24.9 Å². The molecule has 106 valence electrons. The molecule has 0 atom stereocenters. The van der Waals surface area contributed by atoms with E-state index in [9.17, 15) is 9.90 Å². The number of para-hydroxylation sites is 2. The first kappa shape index (κ1) is 15.3. The first-order chi connectivity index (χ1) is 9.24. The first-order valence-electron chi connectivity index (χ1n) is 6.52. The molecule has 0 spiro atoms. The van der Waals surface area contributed by atoms with Crippen molar-refractivity contribution in [1.82, 2.24) is 5.32 Å². The number of nitrogens with one attached hydrogen (secondary N) is 1. The van der Waals surface area contributed by atoms with Crippen LogP contribution in [0.15, 0.2) is 24.3 Å². The van der Waals surface area contributed by atoms with Gasteiger partial charge in [-0.3, -0.25) is 4.79 Å². The number of aliphatic hydroxyl groups is 1. The third kappa shape index (κ3) is 6.67. The molecule has 0 aromatic heterocycles. The third-order valence-corrected chi connectivity index (χ3v) is 2.63. The fourth-order valence-electron chi connectivity index (χ4n) is 1.59. The number of aromatic hydroxyl groups is 1. The minimum Gasteiger partial charge on any atom is -0.504 e. The summed E-state index contributed by atoms with van der Waals surface area (Å²) in [7, 11) is 0. The summed E-state index contributed by atoms with van der Waals surface area (Å²) in [5, 5.41) is 20.8. The van der Waals surface area contributed by atoms with Gasteiger partial charge in [-0.05, 0) is 25.0 Å². The van der Waals surface area contributed by atoms with Crippen LogP contribution in [-0.4, -0.2) is 35.9 Å². The molecular formula is C14H21NO4. The molecule has 0 radical (unpaired) electrons. The van der Waals surface area contributed by atoms with Gasteiger partial charge in [0.2, 0.25) is 0 Å². The number of carbonyl (C=O) groups excluding carboxylic acids is 1. The van der Waals surface area contributed by atoms with Gasteiger partial charge in [0.25, 0.3) is 5.91 Å². The fourth-order valence-corrected chi connectivity index (χ4v) is 1.59. The predicted molar refractivity (Wildman–Crippen MR) is 72.2 cm³/mol. The maximum atomic E-state index is 11.5. The number of rotatable bonds is 9. The van der Waals surface area contributed by atoms with Crippen LogP contribution in [0.1, 0.15) is 25.7 Å². The van der Waals surface area contributed by atoms with Gasteiger partial charge in [-0.2, -0.15) is 0 Å². The van der Waals surface area contributed by atoms with Crippen molar-refractivity contribution in [2.24, 2.45) is 0 Å². The summed E-state index contributed by atoms with van der Waals surface area (Å²) in [6.07, 6.45) is 3.66. The zero-order chi connectivity index (χ0) is 13.9. The van der Waals surface area contributed by atoms with Crippen LogP contribution in [0.25, 0.3) is 0 Å². The third-order valence-electron chi connectivity index (χ3n) is 2.63. The lowest BCUT2D eigenvalue weighted by Gasteiger charge is -2.08. The van der Waals surface area contributed by atoms with Crippen molar-refractivity contribution in [3.8, 4) is 11.5 Å². The van der Waals surface area contributed by atoms with Gasteiger partial charge < -0.3 is 20.3 Å². The molecule has 0 heterocycles. The monoisotopic (exact) mass is 267 g/mol. The minimum absolute atomic E-state index is 0.0271. The number of hydrogen-bond donors (Lipinski definition) is 3. The molecule has 3 N–H and O–H groups in total. The summed E-state index contributed by atoms with van der Waals surface area (Å²) in [5.41, 5.74) is 0. The summed E-state index contributed by atoms with van der Waals surface area (Å²) < 4.78 is 5.20. The van der Waals surface area contributed by atoms with Gasteiger partial charge in [-0.25, -0.2) is 0 Å². The molecule has 0 unspecified atom stereocenters. The predicted octanol–water partition coefficient (Wildman–Crippen LogP) is 1.44. The Bertz CT molecular complexity index is 381. The van der Waals surface area contributed by atoms with E-state index in [1.807, 2.05) is 0 Å². The number of phenolic OH excluding ortho intramolecular Hbond substituents is 1. The second-order valence-corrected chi connectivity index (χ2v) is 4.24. The number of amides is 1. The number of ether oxygens (including phenoxy) is 1. The highest BCUT2D eigenvalue weighted by atomic mass is 16.5. The normalized spacial score (nSPS) is 10.2. The average Bonchev–Trinajstić information content (AvgIpc) is 2.42. The quantitative estimate of drug-likeness (QED) is 0.592. The van der Waals surface area contributed by atoms with Crippen molar-refractivity contribution in [2.75, 3.05) is 19.8 Å². The van der Waals surface area contributed by atoms with Gasteiger partial charge >= 0.3 is 0 Å². The molecule has 0 fully saturated rings. The maximum Gasteiger partial charge on any atom is 0.257 e. The van der Waals surface area contributed by atoms with E-state index in [0.717, 1.165) is 25.7 Å². The molecule has 1 rings (SSSR count). The molecular weight excluding hydrogens is 246 g/mol. The lowest BCUT2D eigenvalue weighted by molar-refractivity contribution is -0.123. The van der Waals surface area contributed by atoms with Gasteiger partial charge in [-0.15, -0.1) is 0 Å². The Balaban J connectivity index is 2.10. The molecule has 5 nitrogen and oxygen atoms in total.